The number of nitrogens with zero attached hydrogens (tertiary/aromatic N) is 5. The third-order valence-electron chi connectivity index (χ3n) is 6.14. The van der Waals surface area contributed by atoms with Crippen molar-refractivity contribution in [2.24, 2.45) is 5.10 Å². The fraction of sp³-hybridized carbons (Fsp3) is 0.214. The van der Waals surface area contributed by atoms with Crippen molar-refractivity contribution in [3.05, 3.63) is 89.2 Å². The minimum Gasteiger partial charge on any atom is -0.487 e. The van der Waals surface area contributed by atoms with Crippen LogP contribution in [-0.2, 0) is 11.3 Å². The molecule has 0 saturated carbocycles. The molecule has 0 bridgehead atoms. The summed E-state index contributed by atoms with van der Waals surface area (Å²) >= 11 is 25.8. The summed E-state index contributed by atoms with van der Waals surface area (Å²) in [7, 11) is 0. The van der Waals surface area contributed by atoms with Crippen molar-refractivity contribution in [3.63, 3.8) is 0 Å². The Kier molecular flexibility index (Phi) is 10.4. The van der Waals surface area contributed by atoms with Crippen LogP contribution < -0.4 is 20.4 Å². The molecular formula is C28H24Br2Cl3N7O2. The van der Waals surface area contributed by atoms with Gasteiger partial charge in [-0.2, -0.15) is 20.1 Å². The summed E-state index contributed by atoms with van der Waals surface area (Å²) in [6.45, 7) is 4.67. The highest BCUT2D eigenvalue weighted by Gasteiger charge is 2.17. The van der Waals surface area contributed by atoms with Gasteiger partial charge in [-0.1, -0.05) is 62.9 Å². The standard InChI is InChI=1S/C28H24Br2Cl3N7O2/c1-16-2-5-21(13-23(16)32)35-26-36-27(38-28(37-26)40-6-8-41-9-7-40)39-34-14-18-10-19(29)11-22(30)25(18)42-15-17-3-4-20(31)12-24(17)33/h2-5,10-14H,6-9,15H2,1H3,(H2,35,36,37,38,39)/b34-14+. The van der Waals surface area contributed by atoms with Crippen LogP contribution in [0.5, 0.6) is 5.75 Å². The minimum atomic E-state index is 0.235. The van der Waals surface area contributed by atoms with Gasteiger partial charge in [-0.25, -0.2) is 5.43 Å². The highest BCUT2D eigenvalue weighted by molar-refractivity contribution is 9.11. The van der Waals surface area contributed by atoms with Gasteiger partial charge in [0.2, 0.25) is 17.8 Å². The Morgan fingerprint density at radius 1 is 0.976 bits per heavy atom. The van der Waals surface area contributed by atoms with Crippen molar-refractivity contribution in [2.75, 3.05) is 41.9 Å². The number of aromatic nitrogens is 3. The lowest BCUT2D eigenvalue weighted by atomic mass is 10.2. The van der Waals surface area contributed by atoms with Gasteiger partial charge >= 0.3 is 0 Å². The van der Waals surface area contributed by atoms with Crippen molar-refractivity contribution in [1.82, 2.24) is 15.0 Å². The van der Waals surface area contributed by atoms with Crippen molar-refractivity contribution in [2.45, 2.75) is 13.5 Å². The second-order valence-corrected chi connectivity index (χ2v) is 12.2. The second kappa shape index (κ2) is 14.2. The van der Waals surface area contributed by atoms with E-state index in [4.69, 9.17) is 44.3 Å². The van der Waals surface area contributed by atoms with Crippen molar-refractivity contribution in [3.8, 4) is 5.75 Å². The summed E-state index contributed by atoms with van der Waals surface area (Å²) in [4.78, 5) is 15.8. The van der Waals surface area contributed by atoms with Crippen molar-refractivity contribution in [1.29, 1.82) is 0 Å². The summed E-state index contributed by atoms with van der Waals surface area (Å²) in [5, 5.41) is 9.35. The second-order valence-electron chi connectivity index (χ2n) is 9.17. The van der Waals surface area contributed by atoms with E-state index < -0.39 is 0 Å². The van der Waals surface area contributed by atoms with Gasteiger partial charge in [0.25, 0.3) is 0 Å². The van der Waals surface area contributed by atoms with Gasteiger partial charge in [0.05, 0.1) is 23.9 Å². The first-order chi connectivity index (χ1) is 20.2. The van der Waals surface area contributed by atoms with Gasteiger partial charge in [0.15, 0.2) is 0 Å². The molecule has 1 fully saturated rings. The maximum absolute atomic E-state index is 6.34. The maximum atomic E-state index is 6.34. The predicted octanol–water partition coefficient (Wildman–Crippen LogP) is 8.27. The van der Waals surface area contributed by atoms with Crippen LogP contribution in [0.2, 0.25) is 15.1 Å². The molecule has 42 heavy (non-hydrogen) atoms. The number of hydrogen-bond donors (Lipinski definition) is 2. The summed E-state index contributed by atoms with van der Waals surface area (Å²) in [5.41, 5.74) is 6.16. The van der Waals surface area contributed by atoms with E-state index in [-0.39, 0.29) is 12.6 Å². The molecule has 4 aromatic rings. The van der Waals surface area contributed by atoms with Crippen LogP contribution in [0.25, 0.3) is 0 Å². The molecule has 5 rings (SSSR count). The molecule has 0 unspecified atom stereocenters. The van der Waals surface area contributed by atoms with E-state index in [0.29, 0.717) is 64.6 Å². The van der Waals surface area contributed by atoms with Crippen LogP contribution in [0.4, 0.5) is 23.5 Å². The van der Waals surface area contributed by atoms with Crippen LogP contribution >= 0.6 is 66.7 Å². The fourth-order valence-electron chi connectivity index (χ4n) is 3.95. The molecule has 0 amide bonds. The van der Waals surface area contributed by atoms with Crippen molar-refractivity contribution >= 4 is 96.4 Å². The molecule has 0 radical (unpaired) electrons. The third-order valence-corrected chi connectivity index (χ3v) is 8.18. The van der Waals surface area contributed by atoms with E-state index in [9.17, 15) is 0 Å². The number of ether oxygens (including phenoxy) is 2. The average molecular weight is 757 g/mol. The minimum absolute atomic E-state index is 0.235. The Hall–Kier alpha value is -2.67. The third kappa shape index (κ3) is 8.03. The molecule has 0 aliphatic carbocycles. The first-order valence-corrected chi connectivity index (χ1v) is 15.4. The fourth-order valence-corrected chi connectivity index (χ4v) is 5.97. The lowest BCUT2D eigenvalue weighted by Crippen LogP contribution is -2.37. The van der Waals surface area contributed by atoms with Crippen LogP contribution in [-0.4, -0.2) is 47.5 Å². The first-order valence-electron chi connectivity index (χ1n) is 12.7. The van der Waals surface area contributed by atoms with E-state index >= 15 is 0 Å². The van der Waals surface area contributed by atoms with Gasteiger partial charge in [0, 0.05) is 49.4 Å². The highest BCUT2D eigenvalue weighted by Crippen LogP contribution is 2.33. The molecule has 0 spiro atoms. The van der Waals surface area contributed by atoms with Crippen LogP contribution in [0.15, 0.2) is 62.6 Å². The van der Waals surface area contributed by atoms with Gasteiger partial charge in [-0.05, 0) is 64.8 Å². The maximum Gasteiger partial charge on any atom is 0.250 e. The molecule has 1 saturated heterocycles. The summed E-state index contributed by atoms with van der Waals surface area (Å²) in [6, 6.07) is 14.7. The number of aryl methyl sites for hydroxylation is 1. The SMILES string of the molecule is Cc1ccc(Nc2nc(N/N=C/c3cc(Br)cc(Br)c3OCc3ccc(Cl)cc3Cl)nc(N3CCOCC3)n2)cc1Cl. The topological polar surface area (TPSA) is 96.8 Å². The van der Waals surface area contributed by atoms with Crippen LogP contribution in [0, 0.1) is 6.92 Å². The van der Waals surface area contributed by atoms with Gasteiger partial charge in [0.1, 0.15) is 12.4 Å². The molecule has 2 heterocycles. The predicted molar refractivity (Wildman–Crippen MR) is 176 cm³/mol. The molecule has 3 aromatic carbocycles. The molecule has 1 aliphatic rings. The number of morpholine rings is 1. The summed E-state index contributed by atoms with van der Waals surface area (Å²) in [5.74, 6) is 1.69. The monoisotopic (exact) mass is 753 g/mol. The average Bonchev–Trinajstić information content (AvgIpc) is 2.96. The largest absolute Gasteiger partial charge is 0.487 e. The van der Waals surface area contributed by atoms with Gasteiger partial charge in [-0.3, -0.25) is 0 Å². The molecule has 218 valence electrons. The Labute approximate surface area is 274 Å². The lowest BCUT2D eigenvalue weighted by molar-refractivity contribution is 0.122. The van der Waals surface area contributed by atoms with Crippen LogP contribution in [0.1, 0.15) is 16.7 Å². The number of rotatable bonds is 9. The molecular weight excluding hydrogens is 733 g/mol. The Morgan fingerprint density at radius 2 is 1.76 bits per heavy atom. The van der Waals surface area contributed by atoms with E-state index in [1.54, 1.807) is 18.3 Å². The normalized spacial score (nSPS) is 13.4. The first kappa shape index (κ1) is 30.8. The summed E-state index contributed by atoms with van der Waals surface area (Å²) < 4.78 is 13.2. The molecule has 9 nitrogen and oxygen atoms in total. The molecule has 1 aliphatic heterocycles. The Balaban J connectivity index is 1.38. The zero-order valence-corrected chi connectivity index (χ0v) is 27.6. The smallest absolute Gasteiger partial charge is 0.250 e. The Bertz CT molecular complexity index is 1620. The zero-order chi connectivity index (χ0) is 29.6. The number of anilines is 4. The lowest BCUT2D eigenvalue weighted by Gasteiger charge is -2.27. The van der Waals surface area contributed by atoms with E-state index in [2.05, 4.69) is 62.7 Å². The quantitative estimate of drug-likeness (QED) is 0.130. The number of hydrazone groups is 1. The molecule has 1 aromatic heterocycles. The molecule has 14 heteroatoms. The molecule has 0 atom stereocenters. The summed E-state index contributed by atoms with van der Waals surface area (Å²) in [6.07, 6.45) is 1.62. The van der Waals surface area contributed by atoms with Crippen LogP contribution in [0.3, 0.4) is 0 Å². The zero-order valence-electron chi connectivity index (χ0n) is 22.2. The highest BCUT2D eigenvalue weighted by atomic mass is 79.9. The van der Waals surface area contributed by atoms with E-state index in [1.807, 2.05) is 48.2 Å². The molecule has 2 N–H and O–H groups in total. The number of halogens is 5. The van der Waals surface area contributed by atoms with Gasteiger partial charge < -0.3 is 19.7 Å². The number of benzene rings is 3. The Morgan fingerprint density at radius 3 is 2.52 bits per heavy atom. The van der Waals surface area contributed by atoms with Gasteiger partial charge in [-0.15, -0.1) is 0 Å². The number of nitrogens with one attached hydrogen (secondary N) is 2. The van der Waals surface area contributed by atoms with Crippen molar-refractivity contribution < 1.29 is 9.47 Å². The van der Waals surface area contributed by atoms with E-state index in [0.717, 1.165) is 25.8 Å². The number of hydrogen-bond acceptors (Lipinski definition) is 9. The van der Waals surface area contributed by atoms with E-state index in [1.165, 1.54) is 0 Å².